The third-order valence-corrected chi connectivity index (χ3v) is 6.67. The van der Waals surface area contributed by atoms with Crippen LogP contribution in [0, 0.1) is 16.0 Å². The third-order valence-electron chi connectivity index (χ3n) is 6.67. The lowest BCUT2D eigenvalue weighted by molar-refractivity contribution is -0.385. The summed E-state index contributed by atoms with van der Waals surface area (Å²) in [4.78, 5) is 42.6. The second-order valence-corrected chi connectivity index (χ2v) is 8.55. The number of nitrogens with zero attached hydrogens (tertiary/aromatic N) is 2. The zero-order valence-corrected chi connectivity index (χ0v) is 18.6. The lowest BCUT2D eigenvalue weighted by Crippen LogP contribution is -2.38. The number of ketones is 1. The van der Waals surface area contributed by atoms with Crippen LogP contribution >= 0.6 is 0 Å². The number of methoxy groups -OCH3 is 1. The first-order chi connectivity index (χ1) is 16.4. The van der Waals surface area contributed by atoms with Crippen LogP contribution in [0.1, 0.15) is 42.7 Å². The second kappa shape index (κ2) is 8.40. The Morgan fingerprint density at radius 1 is 1.15 bits per heavy atom. The van der Waals surface area contributed by atoms with E-state index in [0.29, 0.717) is 29.2 Å². The van der Waals surface area contributed by atoms with Crippen LogP contribution in [0.3, 0.4) is 0 Å². The molecule has 2 aliphatic heterocycles. The topological polar surface area (TPSA) is 117 Å². The van der Waals surface area contributed by atoms with E-state index in [2.05, 4.69) is 4.99 Å². The standard InChI is InChI=1S/C25H22N2O7/c1-13-22(25(29)32-2)23(16-10-20-21(34-12-33-20)11-18(16)27(30)31)24-17(26-13)8-15(9-19(24)28)14-6-4-3-5-7-14/h3-7,10-11,15,22-23H,8-9,12H2,1-2H3/t15-,22?,23+/m1/s1. The number of carbonyl (C=O) groups is 2. The van der Waals surface area contributed by atoms with Gasteiger partial charge in [-0.1, -0.05) is 30.3 Å². The molecule has 0 radical (unpaired) electrons. The predicted octanol–water partition coefficient (Wildman–Crippen LogP) is 4.07. The number of hydrogen-bond donors (Lipinski definition) is 0. The van der Waals surface area contributed by atoms with Crippen LogP contribution in [0.5, 0.6) is 11.5 Å². The molecule has 0 spiro atoms. The first-order valence-corrected chi connectivity index (χ1v) is 10.9. The van der Waals surface area contributed by atoms with Crippen molar-refractivity contribution >= 4 is 23.2 Å². The Morgan fingerprint density at radius 3 is 2.53 bits per heavy atom. The molecular weight excluding hydrogens is 440 g/mol. The van der Waals surface area contributed by atoms with Gasteiger partial charge < -0.3 is 14.2 Å². The number of hydrogen-bond acceptors (Lipinski definition) is 8. The normalized spacial score (nSPS) is 23.3. The predicted molar refractivity (Wildman–Crippen MR) is 121 cm³/mol. The van der Waals surface area contributed by atoms with Gasteiger partial charge in [-0.2, -0.15) is 0 Å². The molecule has 0 bridgehead atoms. The Labute approximate surface area is 195 Å². The summed E-state index contributed by atoms with van der Waals surface area (Å²) in [5.74, 6) is -2.17. The molecule has 0 aromatic heterocycles. The van der Waals surface area contributed by atoms with Crippen molar-refractivity contribution < 1.29 is 28.7 Å². The van der Waals surface area contributed by atoms with E-state index in [4.69, 9.17) is 14.2 Å². The number of nitro benzene ring substituents is 1. The van der Waals surface area contributed by atoms with Gasteiger partial charge in [-0.3, -0.25) is 24.7 Å². The van der Waals surface area contributed by atoms with E-state index >= 15 is 0 Å². The van der Waals surface area contributed by atoms with Crippen LogP contribution < -0.4 is 9.47 Å². The Morgan fingerprint density at radius 2 is 1.85 bits per heavy atom. The average molecular weight is 462 g/mol. The summed E-state index contributed by atoms with van der Waals surface area (Å²) < 4.78 is 15.8. The van der Waals surface area contributed by atoms with Crippen LogP contribution in [0.15, 0.2) is 58.7 Å². The van der Waals surface area contributed by atoms with E-state index in [1.165, 1.54) is 19.2 Å². The number of aliphatic imine (C=N–C) groups is 1. The molecule has 3 atom stereocenters. The van der Waals surface area contributed by atoms with Gasteiger partial charge in [-0.05, 0) is 30.9 Å². The van der Waals surface area contributed by atoms with Gasteiger partial charge in [-0.15, -0.1) is 0 Å². The van der Waals surface area contributed by atoms with Gasteiger partial charge in [0.25, 0.3) is 5.69 Å². The van der Waals surface area contributed by atoms with Gasteiger partial charge in [0.05, 0.1) is 18.1 Å². The maximum absolute atomic E-state index is 13.6. The number of rotatable bonds is 4. The molecule has 0 saturated carbocycles. The van der Waals surface area contributed by atoms with Crippen LogP contribution in [-0.4, -0.2) is 36.3 Å². The smallest absolute Gasteiger partial charge is 0.315 e. The number of nitro groups is 1. The molecule has 174 valence electrons. The summed E-state index contributed by atoms with van der Waals surface area (Å²) in [5, 5.41) is 12.0. The minimum atomic E-state index is -0.972. The summed E-state index contributed by atoms with van der Waals surface area (Å²) in [5.41, 5.74) is 2.32. The first kappa shape index (κ1) is 21.8. The van der Waals surface area contributed by atoms with Crippen LogP contribution in [-0.2, 0) is 14.3 Å². The Hall–Kier alpha value is -4.01. The van der Waals surface area contributed by atoms with Gasteiger partial charge in [0.1, 0.15) is 5.92 Å². The summed E-state index contributed by atoms with van der Waals surface area (Å²) in [7, 11) is 1.25. The minimum Gasteiger partial charge on any atom is -0.468 e. The quantitative estimate of drug-likeness (QED) is 0.382. The fraction of sp³-hybridized carbons (Fsp3) is 0.320. The first-order valence-electron chi connectivity index (χ1n) is 10.9. The Kier molecular flexibility index (Phi) is 5.39. The van der Waals surface area contributed by atoms with E-state index in [1.54, 1.807) is 6.92 Å². The minimum absolute atomic E-state index is 0.0623. The number of carbonyl (C=O) groups excluding carboxylic acids is 2. The SMILES string of the molecule is COC(=O)C1C(C)=NC2=C(C(=O)C[C@H](c3ccccc3)C2)[C@H]1c1cc2c(cc1[N+](=O)[O-])OCO2. The summed E-state index contributed by atoms with van der Waals surface area (Å²) in [6, 6.07) is 12.5. The molecule has 1 unspecified atom stereocenters. The molecule has 34 heavy (non-hydrogen) atoms. The highest BCUT2D eigenvalue weighted by atomic mass is 16.7. The molecule has 0 amide bonds. The number of benzene rings is 2. The zero-order valence-electron chi connectivity index (χ0n) is 18.6. The van der Waals surface area contributed by atoms with E-state index in [-0.39, 0.29) is 41.9 Å². The molecule has 1 aliphatic carbocycles. The molecule has 0 fully saturated rings. The summed E-state index contributed by atoms with van der Waals surface area (Å²) >= 11 is 0. The van der Waals surface area contributed by atoms with Crippen molar-refractivity contribution in [1.29, 1.82) is 0 Å². The molecule has 9 nitrogen and oxygen atoms in total. The van der Waals surface area contributed by atoms with Gasteiger partial charge >= 0.3 is 5.97 Å². The molecule has 0 N–H and O–H groups in total. The van der Waals surface area contributed by atoms with Gasteiger partial charge in [-0.25, -0.2) is 0 Å². The fourth-order valence-corrected chi connectivity index (χ4v) is 5.14. The number of Topliss-reactive ketones (excluding diaryl/α,β-unsaturated/α-hetero) is 1. The molecule has 0 saturated heterocycles. The van der Waals surface area contributed by atoms with E-state index < -0.39 is 22.7 Å². The number of allylic oxidation sites excluding steroid dienone is 2. The zero-order chi connectivity index (χ0) is 24.0. The van der Waals surface area contributed by atoms with E-state index in [0.717, 1.165) is 5.56 Å². The monoisotopic (exact) mass is 462 g/mol. The van der Waals surface area contributed by atoms with E-state index in [1.807, 2.05) is 30.3 Å². The van der Waals surface area contributed by atoms with Crippen molar-refractivity contribution in [3.05, 3.63) is 75.0 Å². The average Bonchev–Trinajstić information content (AvgIpc) is 3.30. The van der Waals surface area contributed by atoms with Crippen LogP contribution in [0.25, 0.3) is 0 Å². The number of fused-ring (bicyclic) bond motifs is 1. The molecule has 5 rings (SSSR count). The van der Waals surface area contributed by atoms with Crippen molar-refractivity contribution in [3.8, 4) is 11.5 Å². The van der Waals surface area contributed by atoms with Gasteiger partial charge in [0.2, 0.25) is 6.79 Å². The fourth-order valence-electron chi connectivity index (χ4n) is 5.14. The van der Waals surface area contributed by atoms with Crippen molar-refractivity contribution in [3.63, 3.8) is 0 Å². The van der Waals surface area contributed by atoms with Crippen molar-refractivity contribution in [2.24, 2.45) is 10.9 Å². The highest BCUT2D eigenvalue weighted by Crippen LogP contribution is 2.51. The maximum Gasteiger partial charge on any atom is 0.315 e. The van der Waals surface area contributed by atoms with Crippen molar-refractivity contribution in [1.82, 2.24) is 0 Å². The Bertz CT molecular complexity index is 1270. The molecule has 3 aliphatic rings. The van der Waals surface area contributed by atoms with Crippen molar-refractivity contribution in [2.75, 3.05) is 13.9 Å². The molecular formula is C25H22N2O7. The number of esters is 1. The second-order valence-electron chi connectivity index (χ2n) is 8.55. The highest BCUT2D eigenvalue weighted by molar-refractivity contribution is 6.09. The summed E-state index contributed by atoms with van der Waals surface area (Å²) in [6.07, 6.45) is 0.714. The molecule has 2 heterocycles. The highest BCUT2D eigenvalue weighted by Gasteiger charge is 2.47. The number of ether oxygens (including phenoxy) is 3. The lowest BCUT2D eigenvalue weighted by atomic mass is 9.69. The van der Waals surface area contributed by atoms with Gasteiger partial charge in [0.15, 0.2) is 17.3 Å². The maximum atomic E-state index is 13.6. The van der Waals surface area contributed by atoms with Crippen LogP contribution in [0.2, 0.25) is 0 Å². The largest absolute Gasteiger partial charge is 0.468 e. The molecule has 2 aromatic carbocycles. The third kappa shape index (κ3) is 3.53. The van der Waals surface area contributed by atoms with Crippen LogP contribution in [0.4, 0.5) is 5.69 Å². The van der Waals surface area contributed by atoms with Crippen molar-refractivity contribution in [2.45, 2.75) is 31.6 Å². The summed E-state index contributed by atoms with van der Waals surface area (Å²) in [6.45, 7) is 1.63. The van der Waals surface area contributed by atoms with Gasteiger partial charge in [0, 0.05) is 34.9 Å². The molecule has 9 heteroatoms. The lowest BCUT2D eigenvalue weighted by Gasteiger charge is -2.36. The Balaban J connectivity index is 1.69. The molecule has 2 aromatic rings. The van der Waals surface area contributed by atoms with E-state index in [9.17, 15) is 19.7 Å².